The van der Waals surface area contributed by atoms with E-state index in [4.69, 9.17) is 4.42 Å². The summed E-state index contributed by atoms with van der Waals surface area (Å²) in [5.74, 6) is -0.184. The number of carbonyl (C=O) groups is 2. The van der Waals surface area contributed by atoms with Crippen LogP contribution in [0.4, 0.5) is 11.4 Å². The van der Waals surface area contributed by atoms with Crippen LogP contribution in [-0.4, -0.2) is 11.8 Å². The predicted molar refractivity (Wildman–Crippen MR) is 84.3 cm³/mol. The summed E-state index contributed by atoms with van der Waals surface area (Å²) in [4.78, 5) is 23.5. The first-order valence-electron chi connectivity index (χ1n) is 6.55. The predicted octanol–water partition coefficient (Wildman–Crippen LogP) is 4.03. The van der Waals surface area contributed by atoms with Gasteiger partial charge < -0.3 is 15.1 Å². The molecule has 0 bridgehead atoms. The SMILES string of the molecule is CCCC(=O)Nc1cccc(NC(=O)c2ccc(Br)o2)c1. The first kappa shape index (κ1) is 15.3. The Hall–Kier alpha value is -2.08. The fourth-order valence-electron chi connectivity index (χ4n) is 1.75. The van der Waals surface area contributed by atoms with Crippen molar-refractivity contribution in [1.82, 2.24) is 0 Å². The number of furan rings is 1. The van der Waals surface area contributed by atoms with Gasteiger partial charge in [-0.3, -0.25) is 9.59 Å². The highest BCUT2D eigenvalue weighted by Gasteiger charge is 2.11. The number of benzene rings is 1. The maximum atomic E-state index is 12.0. The molecule has 0 spiro atoms. The van der Waals surface area contributed by atoms with Crippen LogP contribution in [-0.2, 0) is 4.79 Å². The van der Waals surface area contributed by atoms with Gasteiger partial charge in [0.05, 0.1) is 0 Å². The van der Waals surface area contributed by atoms with Gasteiger partial charge in [-0.1, -0.05) is 13.0 Å². The molecule has 6 heteroatoms. The van der Waals surface area contributed by atoms with Crippen LogP contribution in [0, 0.1) is 0 Å². The molecule has 0 aliphatic rings. The number of carbonyl (C=O) groups excluding carboxylic acids is 2. The van der Waals surface area contributed by atoms with Gasteiger partial charge in [0, 0.05) is 17.8 Å². The van der Waals surface area contributed by atoms with E-state index in [2.05, 4.69) is 26.6 Å². The quantitative estimate of drug-likeness (QED) is 0.854. The van der Waals surface area contributed by atoms with Crippen LogP contribution in [0.3, 0.4) is 0 Å². The summed E-state index contributed by atoms with van der Waals surface area (Å²) in [6.07, 6.45) is 1.26. The third kappa shape index (κ3) is 4.46. The smallest absolute Gasteiger partial charge is 0.291 e. The average Bonchev–Trinajstić information content (AvgIpc) is 2.86. The Balaban J connectivity index is 2.04. The van der Waals surface area contributed by atoms with Gasteiger partial charge in [0.15, 0.2) is 10.4 Å². The molecule has 0 saturated carbocycles. The molecule has 2 amide bonds. The van der Waals surface area contributed by atoms with Crippen molar-refractivity contribution in [3.63, 3.8) is 0 Å². The summed E-state index contributed by atoms with van der Waals surface area (Å²) in [6.45, 7) is 1.94. The highest BCUT2D eigenvalue weighted by molar-refractivity contribution is 9.10. The van der Waals surface area contributed by atoms with E-state index in [0.717, 1.165) is 6.42 Å². The fraction of sp³-hybridized carbons (Fsp3) is 0.200. The molecule has 2 aromatic rings. The maximum absolute atomic E-state index is 12.0. The Morgan fingerprint density at radius 1 is 1.14 bits per heavy atom. The summed E-state index contributed by atoms with van der Waals surface area (Å²) >= 11 is 3.15. The number of hydrogen-bond acceptors (Lipinski definition) is 3. The van der Waals surface area contributed by atoms with Crippen molar-refractivity contribution < 1.29 is 14.0 Å². The minimum atomic E-state index is -0.349. The van der Waals surface area contributed by atoms with Crippen molar-refractivity contribution in [3.8, 4) is 0 Å². The van der Waals surface area contributed by atoms with Crippen molar-refractivity contribution in [2.45, 2.75) is 19.8 Å². The lowest BCUT2D eigenvalue weighted by Crippen LogP contribution is -2.13. The van der Waals surface area contributed by atoms with Gasteiger partial charge in [0.1, 0.15) is 0 Å². The van der Waals surface area contributed by atoms with Gasteiger partial charge >= 0.3 is 0 Å². The highest BCUT2D eigenvalue weighted by Crippen LogP contribution is 2.18. The monoisotopic (exact) mass is 350 g/mol. The van der Waals surface area contributed by atoms with Crippen molar-refractivity contribution in [3.05, 3.63) is 46.8 Å². The van der Waals surface area contributed by atoms with Crippen LogP contribution in [0.25, 0.3) is 0 Å². The summed E-state index contributed by atoms with van der Waals surface area (Å²) < 4.78 is 5.67. The summed E-state index contributed by atoms with van der Waals surface area (Å²) in [5, 5.41) is 5.49. The zero-order valence-electron chi connectivity index (χ0n) is 11.5. The van der Waals surface area contributed by atoms with Crippen molar-refractivity contribution >= 4 is 39.1 Å². The minimum absolute atomic E-state index is 0.0454. The number of rotatable bonds is 5. The molecule has 2 N–H and O–H groups in total. The summed E-state index contributed by atoms with van der Waals surface area (Å²) in [7, 11) is 0. The van der Waals surface area contributed by atoms with Crippen LogP contribution in [0.15, 0.2) is 45.5 Å². The zero-order chi connectivity index (χ0) is 15.2. The third-order valence-corrected chi connectivity index (χ3v) is 3.10. The van der Waals surface area contributed by atoms with Crippen molar-refractivity contribution in [1.29, 1.82) is 0 Å². The Kier molecular flexibility index (Phi) is 5.16. The minimum Gasteiger partial charge on any atom is -0.444 e. The molecule has 1 aromatic carbocycles. The molecule has 1 aromatic heterocycles. The van der Waals surface area contributed by atoms with Crippen LogP contribution < -0.4 is 10.6 Å². The molecule has 0 atom stereocenters. The second-order valence-electron chi connectivity index (χ2n) is 4.44. The second-order valence-corrected chi connectivity index (χ2v) is 5.22. The molecule has 0 aliphatic carbocycles. The van der Waals surface area contributed by atoms with Gasteiger partial charge in [-0.25, -0.2) is 0 Å². The average molecular weight is 351 g/mol. The molecule has 5 nitrogen and oxygen atoms in total. The molecule has 0 saturated heterocycles. The maximum Gasteiger partial charge on any atom is 0.291 e. The zero-order valence-corrected chi connectivity index (χ0v) is 13.1. The molecule has 21 heavy (non-hydrogen) atoms. The molecular formula is C15H15BrN2O3. The molecular weight excluding hydrogens is 336 g/mol. The van der Waals surface area contributed by atoms with Crippen LogP contribution in [0.2, 0.25) is 0 Å². The number of hydrogen-bond donors (Lipinski definition) is 2. The van der Waals surface area contributed by atoms with E-state index < -0.39 is 0 Å². The first-order valence-corrected chi connectivity index (χ1v) is 7.34. The fourth-order valence-corrected chi connectivity index (χ4v) is 2.06. The molecule has 110 valence electrons. The lowest BCUT2D eigenvalue weighted by molar-refractivity contribution is -0.116. The number of anilines is 2. The first-order chi connectivity index (χ1) is 10.1. The third-order valence-electron chi connectivity index (χ3n) is 2.68. The topological polar surface area (TPSA) is 71.3 Å². The molecule has 0 fully saturated rings. The van der Waals surface area contributed by atoms with E-state index in [-0.39, 0.29) is 17.6 Å². The van der Waals surface area contributed by atoms with E-state index >= 15 is 0 Å². The van der Waals surface area contributed by atoms with E-state index in [9.17, 15) is 9.59 Å². The van der Waals surface area contributed by atoms with Gasteiger partial charge in [-0.2, -0.15) is 0 Å². The number of nitrogens with one attached hydrogen (secondary N) is 2. The molecule has 0 radical (unpaired) electrons. The molecule has 2 rings (SSSR count). The van der Waals surface area contributed by atoms with E-state index in [1.807, 2.05) is 6.92 Å². The van der Waals surface area contributed by atoms with E-state index in [1.165, 1.54) is 0 Å². The lowest BCUT2D eigenvalue weighted by atomic mass is 10.2. The van der Waals surface area contributed by atoms with E-state index in [1.54, 1.807) is 36.4 Å². The van der Waals surface area contributed by atoms with Gasteiger partial charge in [0.25, 0.3) is 5.91 Å². The van der Waals surface area contributed by atoms with Crippen LogP contribution >= 0.6 is 15.9 Å². The number of halogens is 1. The van der Waals surface area contributed by atoms with Gasteiger partial charge in [-0.15, -0.1) is 0 Å². The van der Waals surface area contributed by atoms with Crippen LogP contribution in [0.5, 0.6) is 0 Å². The highest BCUT2D eigenvalue weighted by atomic mass is 79.9. The van der Waals surface area contributed by atoms with Crippen molar-refractivity contribution in [2.24, 2.45) is 0 Å². The Bertz CT molecular complexity index is 652. The largest absolute Gasteiger partial charge is 0.444 e. The summed E-state index contributed by atoms with van der Waals surface area (Å²) in [5.41, 5.74) is 1.23. The Morgan fingerprint density at radius 2 is 1.86 bits per heavy atom. The standard InChI is InChI=1S/C15H15BrN2O3/c1-2-4-14(19)17-10-5-3-6-11(9-10)18-15(20)12-7-8-13(16)21-12/h3,5-9H,2,4H2,1H3,(H,17,19)(H,18,20). The lowest BCUT2D eigenvalue weighted by Gasteiger charge is -2.07. The Labute approximate surface area is 130 Å². The summed E-state index contributed by atoms with van der Waals surface area (Å²) in [6, 6.07) is 10.2. The Morgan fingerprint density at radius 3 is 2.48 bits per heavy atom. The number of amides is 2. The van der Waals surface area contributed by atoms with E-state index in [0.29, 0.717) is 22.5 Å². The second kappa shape index (κ2) is 7.08. The van der Waals surface area contributed by atoms with Gasteiger partial charge in [0.2, 0.25) is 5.91 Å². The molecule has 0 aliphatic heterocycles. The molecule has 1 heterocycles. The molecule has 0 unspecified atom stereocenters. The van der Waals surface area contributed by atoms with Gasteiger partial charge in [-0.05, 0) is 52.7 Å². The normalized spacial score (nSPS) is 10.2. The van der Waals surface area contributed by atoms with Crippen LogP contribution in [0.1, 0.15) is 30.3 Å². The van der Waals surface area contributed by atoms with Crippen molar-refractivity contribution in [2.75, 3.05) is 10.6 Å².